The smallest absolute Gasteiger partial charge is 0.313 e. The van der Waals surface area contributed by atoms with Crippen molar-refractivity contribution in [3.63, 3.8) is 0 Å². The summed E-state index contributed by atoms with van der Waals surface area (Å²) in [6.07, 6.45) is 0.687. The SMILES string of the molecule is O=C(O)[C@@H](c1cccc(Br)c1)C1(O)CCOCC1. The highest BCUT2D eigenvalue weighted by molar-refractivity contribution is 9.10. The number of carboxylic acids is 1. The summed E-state index contributed by atoms with van der Waals surface area (Å²) in [5.74, 6) is -1.92. The van der Waals surface area contributed by atoms with E-state index in [4.69, 9.17) is 4.74 Å². The van der Waals surface area contributed by atoms with E-state index in [1.165, 1.54) is 0 Å². The fraction of sp³-hybridized carbons (Fsp3) is 0.462. The van der Waals surface area contributed by atoms with E-state index in [-0.39, 0.29) is 0 Å². The van der Waals surface area contributed by atoms with Gasteiger partial charge in [0.05, 0.1) is 5.60 Å². The number of rotatable bonds is 3. The normalized spacial score (nSPS) is 20.3. The van der Waals surface area contributed by atoms with Crippen molar-refractivity contribution in [2.24, 2.45) is 0 Å². The topological polar surface area (TPSA) is 66.8 Å². The molecule has 0 aliphatic carbocycles. The van der Waals surface area contributed by atoms with Gasteiger partial charge >= 0.3 is 5.97 Å². The predicted octanol–water partition coefficient (Wildman–Crippen LogP) is 2.16. The minimum atomic E-state index is -1.23. The van der Waals surface area contributed by atoms with Crippen LogP contribution in [-0.4, -0.2) is 35.0 Å². The van der Waals surface area contributed by atoms with Crippen molar-refractivity contribution in [3.8, 4) is 0 Å². The molecule has 0 unspecified atom stereocenters. The lowest BCUT2D eigenvalue weighted by molar-refractivity contribution is -0.151. The first kappa shape index (κ1) is 13.5. The lowest BCUT2D eigenvalue weighted by Gasteiger charge is -2.37. The summed E-state index contributed by atoms with van der Waals surface area (Å²) < 4.78 is 6.00. The zero-order chi connectivity index (χ0) is 13.2. The van der Waals surface area contributed by atoms with Crippen molar-refractivity contribution in [1.29, 1.82) is 0 Å². The molecular formula is C13H15BrO4. The van der Waals surface area contributed by atoms with Gasteiger partial charge < -0.3 is 14.9 Å². The van der Waals surface area contributed by atoms with Crippen LogP contribution in [0.2, 0.25) is 0 Å². The minimum Gasteiger partial charge on any atom is -0.481 e. The van der Waals surface area contributed by atoms with E-state index >= 15 is 0 Å². The molecule has 0 aromatic heterocycles. The lowest BCUT2D eigenvalue weighted by atomic mass is 9.77. The van der Waals surface area contributed by atoms with Gasteiger partial charge in [0.15, 0.2) is 0 Å². The molecule has 18 heavy (non-hydrogen) atoms. The minimum absolute atomic E-state index is 0.344. The Morgan fingerprint density at radius 1 is 1.39 bits per heavy atom. The monoisotopic (exact) mass is 314 g/mol. The van der Waals surface area contributed by atoms with Crippen LogP contribution in [0.15, 0.2) is 28.7 Å². The van der Waals surface area contributed by atoms with Gasteiger partial charge in [-0.25, -0.2) is 0 Å². The first-order valence-corrected chi connectivity index (χ1v) is 6.61. The van der Waals surface area contributed by atoms with E-state index in [9.17, 15) is 15.0 Å². The summed E-state index contributed by atoms with van der Waals surface area (Å²) in [5, 5.41) is 20.0. The Labute approximate surface area is 114 Å². The Morgan fingerprint density at radius 3 is 2.61 bits per heavy atom. The van der Waals surface area contributed by atoms with E-state index < -0.39 is 17.5 Å². The summed E-state index contributed by atoms with van der Waals surface area (Å²) in [4.78, 5) is 11.5. The van der Waals surface area contributed by atoms with Crippen molar-refractivity contribution >= 4 is 21.9 Å². The molecule has 0 bridgehead atoms. The summed E-state index contributed by atoms with van der Waals surface area (Å²) in [6.45, 7) is 0.794. The Kier molecular flexibility index (Phi) is 4.04. The van der Waals surface area contributed by atoms with Crippen molar-refractivity contribution in [1.82, 2.24) is 0 Å². The lowest BCUT2D eigenvalue weighted by Crippen LogP contribution is -2.45. The fourth-order valence-electron chi connectivity index (χ4n) is 2.38. The van der Waals surface area contributed by atoms with Crippen molar-refractivity contribution in [2.45, 2.75) is 24.4 Å². The van der Waals surface area contributed by atoms with Gasteiger partial charge in [-0.15, -0.1) is 0 Å². The van der Waals surface area contributed by atoms with Crippen molar-refractivity contribution in [2.75, 3.05) is 13.2 Å². The molecule has 1 aromatic carbocycles. The second-order valence-corrected chi connectivity index (χ2v) is 5.46. The van der Waals surface area contributed by atoms with Crippen LogP contribution in [-0.2, 0) is 9.53 Å². The number of carbonyl (C=O) groups is 1. The number of ether oxygens (including phenoxy) is 1. The van der Waals surface area contributed by atoms with Gasteiger partial charge in [-0.3, -0.25) is 4.79 Å². The molecule has 0 amide bonds. The molecule has 1 aliphatic heterocycles. The van der Waals surface area contributed by atoms with Gasteiger partial charge in [0.1, 0.15) is 5.92 Å². The molecule has 1 aromatic rings. The maximum atomic E-state index is 11.5. The zero-order valence-electron chi connectivity index (χ0n) is 9.80. The molecule has 0 radical (unpaired) electrons. The quantitative estimate of drug-likeness (QED) is 0.897. The standard InChI is InChI=1S/C13H15BrO4/c14-10-3-1-2-9(8-10)11(12(15)16)13(17)4-6-18-7-5-13/h1-3,8,11,17H,4-7H2,(H,15,16)/t11-/m1/s1. The zero-order valence-corrected chi connectivity index (χ0v) is 11.4. The van der Waals surface area contributed by atoms with Gasteiger partial charge in [-0.2, -0.15) is 0 Å². The van der Waals surface area contributed by atoms with Crippen LogP contribution in [0.25, 0.3) is 0 Å². The number of halogens is 1. The Balaban J connectivity index is 2.36. The van der Waals surface area contributed by atoms with Crippen molar-refractivity contribution in [3.05, 3.63) is 34.3 Å². The highest BCUT2D eigenvalue weighted by atomic mass is 79.9. The maximum absolute atomic E-state index is 11.5. The van der Waals surface area contributed by atoms with Crippen LogP contribution in [0.3, 0.4) is 0 Å². The van der Waals surface area contributed by atoms with E-state index in [0.717, 1.165) is 4.47 Å². The third kappa shape index (κ3) is 2.74. The highest BCUT2D eigenvalue weighted by Gasteiger charge is 2.43. The summed E-state index contributed by atoms with van der Waals surface area (Å²) >= 11 is 3.32. The number of benzene rings is 1. The van der Waals surface area contributed by atoms with Crippen LogP contribution < -0.4 is 0 Å². The maximum Gasteiger partial charge on any atom is 0.313 e. The van der Waals surface area contributed by atoms with E-state index in [1.54, 1.807) is 18.2 Å². The van der Waals surface area contributed by atoms with Gasteiger partial charge in [0.25, 0.3) is 0 Å². The fourth-order valence-corrected chi connectivity index (χ4v) is 2.80. The molecule has 0 spiro atoms. The van der Waals surface area contributed by atoms with Gasteiger partial charge in [-0.05, 0) is 17.7 Å². The molecule has 1 atom stereocenters. The molecular weight excluding hydrogens is 300 g/mol. The first-order chi connectivity index (χ1) is 8.53. The third-order valence-corrected chi connectivity index (χ3v) is 3.82. The molecule has 1 fully saturated rings. The Bertz CT molecular complexity index is 440. The number of carboxylic acid groups (broad SMARTS) is 1. The Hall–Kier alpha value is -0.910. The van der Waals surface area contributed by atoms with E-state index in [1.807, 2.05) is 6.07 Å². The highest BCUT2D eigenvalue weighted by Crippen LogP contribution is 2.37. The Morgan fingerprint density at radius 2 is 2.06 bits per heavy atom. The van der Waals surface area contributed by atoms with Crippen LogP contribution in [0.4, 0.5) is 0 Å². The van der Waals surface area contributed by atoms with E-state index in [0.29, 0.717) is 31.6 Å². The summed E-state index contributed by atoms with van der Waals surface area (Å²) in [5.41, 5.74) is -0.619. The summed E-state index contributed by atoms with van der Waals surface area (Å²) in [6, 6.07) is 7.08. The van der Waals surface area contributed by atoms with Gasteiger partial charge in [0, 0.05) is 30.5 Å². The molecule has 2 rings (SSSR count). The first-order valence-electron chi connectivity index (χ1n) is 5.81. The molecule has 0 saturated carbocycles. The van der Waals surface area contributed by atoms with Crippen molar-refractivity contribution < 1.29 is 19.7 Å². The predicted molar refractivity (Wildman–Crippen MR) is 69.5 cm³/mol. The molecule has 2 N–H and O–H groups in total. The van der Waals surface area contributed by atoms with Crippen LogP contribution in [0, 0.1) is 0 Å². The average Bonchev–Trinajstić information content (AvgIpc) is 2.29. The van der Waals surface area contributed by atoms with E-state index in [2.05, 4.69) is 15.9 Å². The van der Waals surface area contributed by atoms with Crippen LogP contribution in [0.1, 0.15) is 24.3 Å². The molecule has 98 valence electrons. The van der Waals surface area contributed by atoms with Crippen LogP contribution >= 0.6 is 15.9 Å². The second kappa shape index (κ2) is 5.38. The molecule has 1 aliphatic rings. The van der Waals surface area contributed by atoms with Gasteiger partial charge in [-0.1, -0.05) is 28.1 Å². The number of aliphatic carboxylic acids is 1. The molecule has 5 heteroatoms. The third-order valence-electron chi connectivity index (χ3n) is 3.32. The number of aliphatic hydroxyl groups is 1. The van der Waals surface area contributed by atoms with Gasteiger partial charge in [0.2, 0.25) is 0 Å². The van der Waals surface area contributed by atoms with Crippen LogP contribution in [0.5, 0.6) is 0 Å². The molecule has 1 saturated heterocycles. The largest absolute Gasteiger partial charge is 0.481 e. The molecule has 4 nitrogen and oxygen atoms in total. The second-order valence-electron chi connectivity index (χ2n) is 4.54. The average molecular weight is 315 g/mol. The number of hydrogen-bond donors (Lipinski definition) is 2. The summed E-state index contributed by atoms with van der Waals surface area (Å²) in [7, 11) is 0. The number of hydrogen-bond acceptors (Lipinski definition) is 3. The molecule has 1 heterocycles.